The van der Waals surface area contributed by atoms with E-state index in [4.69, 9.17) is 18.6 Å². The van der Waals surface area contributed by atoms with Crippen LogP contribution in [0.2, 0.25) is 0 Å². The minimum Gasteiger partial charge on any atom is -0.550 e. The van der Waals surface area contributed by atoms with Crippen LogP contribution < -0.4 is 54.5 Å². The number of carbonyl (C=O) groups is 1. The van der Waals surface area contributed by atoms with Crippen molar-refractivity contribution in [2.24, 2.45) is 0 Å². The number of hydrogen-bond donors (Lipinski definition) is 5. The zero-order valence-electron chi connectivity index (χ0n) is 9.61. The minimum atomic E-state index is -4.94. The Morgan fingerprint density at radius 3 is 1.12 bits per heavy atom. The van der Waals surface area contributed by atoms with Gasteiger partial charge in [-0.3, -0.25) is 0 Å². The van der Waals surface area contributed by atoms with E-state index < -0.39 is 16.2 Å². The molecule has 0 aliphatic rings. The molecule has 17 heavy (non-hydrogen) atoms. The molecule has 114 valence electrons. The van der Waals surface area contributed by atoms with E-state index in [9.17, 15) is 9.90 Å². The van der Waals surface area contributed by atoms with Gasteiger partial charge >= 0.3 is 16.8 Å². The molecule has 0 atom stereocenters. The predicted octanol–water partition coefficient (Wildman–Crippen LogP) is -4.41. The van der Waals surface area contributed by atoms with E-state index >= 15 is 0 Å². The van der Waals surface area contributed by atoms with E-state index in [0.29, 0.717) is 6.42 Å². The van der Waals surface area contributed by atoms with Gasteiger partial charge in [0.2, 0.25) is 0 Å². The molecule has 0 aromatic heterocycles. The van der Waals surface area contributed by atoms with Gasteiger partial charge in [-0.1, -0.05) is 13.3 Å². The van der Waals surface area contributed by atoms with Crippen molar-refractivity contribution in [2.75, 3.05) is 0 Å². The summed E-state index contributed by atoms with van der Waals surface area (Å²) >= 11 is 0. The largest absolute Gasteiger partial charge is 3.00 e. The maximum absolute atomic E-state index is 9.49. The van der Waals surface area contributed by atoms with Gasteiger partial charge in [-0.2, -0.15) is 0 Å². The maximum atomic E-state index is 9.49. The monoisotopic (exact) mass is 330 g/mol. The first-order valence-corrected chi connectivity index (χ1v) is 3.82. The van der Waals surface area contributed by atoms with Gasteiger partial charge in [-0.15, -0.1) is 10.2 Å². The van der Waals surface area contributed by atoms with Gasteiger partial charge in [-0.05, 0) is 6.42 Å². The number of carboxylic acid groups (broad SMARTS) is 1. The molecule has 0 aromatic carbocycles. The number of carbonyl (C=O) groups excluding carboxylic acids is 1. The third-order valence-electron chi connectivity index (χ3n) is 0.454. The van der Waals surface area contributed by atoms with Gasteiger partial charge in [-0.25, -0.2) is 18.6 Å². The van der Waals surface area contributed by atoms with Crippen LogP contribution in [-0.2, 0) is 21.6 Å². The smallest absolute Gasteiger partial charge is 0.550 e. The van der Waals surface area contributed by atoms with Crippen molar-refractivity contribution in [1.82, 2.24) is 30.8 Å². The van der Waals surface area contributed by atoms with Crippen LogP contribution in [0.5, 0.6) is 0 Å². The molecule has 0 heterocycles. The van der Waals surface area contributed by atoms with Crippen molar-refractivity contribution in [1.29, 1.82) is 0 Å². The van der Waals surface area contributed by atoms with Crippen molar-refractivity contribution >= 4 is 5.97 Å². The number of aliphatic carboxylic acids is 1. The third kappa shape index (κ3) is 364. The SMILES string of the molecule is CCCC(=O)[O-].N.N.N.N.N.[Co+3].[O-][Cl+3]([O-])([O-])[O-]. The number of hydrogen-bond acceptors (Lipinski definition) is 11. The zero-order chi connectivity index (χ0) is 9.49. The van der Waals surface area contributed by atoms with Crippen LogP contribution >= 0.6 is 0 Å². The topological polar surface area (TPSA) is 307 Å². The van der Waals surface area contributed by atoms with Crippen LogP contribution in [0, 0.1) is 10.2 Å². The van der Waals surface area contributed by atoms with Crippen LogP contribution in [0.15, 0.2) is 0 Å². The Morgan fingerprint density at radius 2 is 1.12 bits per heavy atom. The fourth-order valence-corrected chi connectivity index (χ4v) is 0.204. The second-order valence-corrected chi connectivity index (χ2v) is 2.26. The summed E-state index contributed by atoms with van der Waals surface area (Å²) in [6.45, 7) is 1.80. The molecule has 0 amide bonds. The summed E-state index contributed by atoms with van der Waals surface area (Å²) in [5.74, 6) is -0.961. The van der Waals surface area contributed by atoms with Crippen LogP contribution in [0.4, 0.5) is 0 Å². The summed E-state index contributed by atoms with van der Waals surface area (Å²) in [6, 6.07) is 0. The molecule has 13 heteroatoms. The Balaban J connectivity index is -0.0000000118. The van der Waals surface area contributed by atoms with Gasteiger partial charge in [0.05, 0.1) is 0 Å². The Hall–Kier alpha value is -0.0935. The fraction of sp³-hybridized carbons (Fsp3) is 0.750. The first-order valence-electron chi connectivity index (χ1n) is 2.59. The Morgan fingerprint density at radius 1 is 0.941 bits per heavy atom. The number of carboxylic acids is 1. The van der Waals surface area contributed by atoms with Gasteiger partial charge in [0, 0.05) is 5.97 Å². The molecule has 0 aliphatic carbocycles. The fourth-order valence-electron chi connectivity index (χ4n) is 0.204. The number of rotatable bonds is 2. The first-order chi connectivity index (χ1) is 4.77. The molecule has 0 bridgehead atoms. The van der Waals surface area contributed by atoms with Crippen LogP contribution in [0.3, 0.4) is 0 Å². The molecule has 0 saturated carbocycles. The van der Waals surface area contributed by atoms with Gasteiger partial charge < -0.3 is 40.7 Å². The van der Waals surface area contributed by atoms with E-state index in [2.05, 4.69) is 0 Å². The van der Waals surface area contributed by atoms with Crippen LogP contribution in [0.1, 0.15) is 19.8 Å². The average molecular weight is 331 g/mol. The molecular weight excluding hydrogens is 308 g/mol. The Kier molecular flexibility index (Phi) is 94.3. The van der Waals surface area contributed by atoms with Crippen molar-refractivity contribution in [3.8, 4) is 0 Å². The van der Waals surface area contributed by atoms with E-state index in [1.54, 1.807) is 6.92 Å². The quantitative estimate of drug-likeness (QED) is 0.321. The van der Waals surface area contributed by atoms with E-state index in [0.717, 1.165) is 0 Å². The molecule has 0 fully saturated rings. The van der Waals surface area contributed by atoms with Crippen LogP contribution in [0.25, 0.3) is 0 Å². The molecule has 0 saturated heterocycles. The third-order valence-corrected chi connectivity index (χ3v) is 0.454. The second kappa shape index (κ2) is 29.7. The van der Waals surface area contributed by atoms with Crippen molar-refractivity contribution in [2.45, 2.75) is 19.8 Å². The van der Waals surface area contributed by atoms with Gasteiger partial charge in [0.25, 0.3) is 0 Å². The van der Waals surface area contributed by atoms with Gasteiger partial charge in [0.1, 0.15) is 0 Å². The van der Waals surface area contributed by atoms with E-state index in [-0.39, 0.29) is 54.0 Å². The minimum absolute atomic E-state index is 0. The first kappa shape index (κ1) is 53.9. The molecule has 15 N–H and O–H groups in total. The Labute approximate surface area is 112 Å². The van der Waals surface area contributed by atoms with Crippen molar-refractivity contribution < 1.29 is 55.6 Å². The second-order valence-electron chi connectivity index (χ2n) is 1.50. The molecular formula is C4H22ClCoN5O6+. The molecule has 0 aliphatic heterocycles. The Bertz CT molecular complexity index is 121. The van der Waals surface area contributed by atoms with Crippen molar-refractivity contribution in [3.63, 3.8) is 0 Å². The van der Waals surface area contributed by atoms with E-state index in [1.165, 1.54) is 0 Å². The standard InChI is InChI=1S/C4H8O2.ClHO4.Co.5H3N/c1-2-3-4(5)6;2-1(3,4)5;;;;;;/h2-3H2,1H3,(H,5,6);(H,2,3,4,5);;5*1H3/q;;+3;;;;;/p-2. The van der Waals surface area contributed by atoms with E-state index in [1.807, 2.05) is 0 Å². The van der Waals surface area contributed by atoms with Gasteiger partial charge in [0.15, 0.2) is 0 Å². The summed E-state index contributed by atoms with van der Waals surface area (Å²) in [6.07, 6.45) is 0.850. The molecule has 0 aromatic rings. The van der Waals surface area contributed by atoms with Crippen LogP contribution in [-0.4, -0.2) is 5.97 Å². The molecule has 11 nitrogen and oxygen atoms in total. The summed E-state index contributed by atoms with van der Waals surface area (Å²) in [4.78, 5) is 9.49. The predicted molar refractivity (Wildman–Crippen MR) is 45.0 cm³/mol. The zero-order valence-corrected chi connectivity index (χ0v) is 11.4. The molecule has 0 rings (SSSR count). The normalized spacial score (nSPS) is 6.41. The summed E-state index contributed by atoms with van der Waals surface area (Å²) in [5, 5.41) is 9.49. The van der Waals surface area contributed by atoms with Crippen molar-refractivity contribution in [3.05, 3.63) is 0 Å². The number of halogens is 1. The molecule has 0 unspecified atom stereocenters. The average Bonchev–Trinajstić information content (AvgIpc) is 1.58. The summed E-state index contributed by atoms with van der Waals surface area (Å²) < 4.78 is 34.0. The maximum Gasteiger partial charge on any atom is 3.00 e. The summed E-state index contributed by atoms with van der Waals surface area (Å²) in [5.41, 5.74) is 0. The molecule has 0 radical (unpaired) electrons. The summed E-state index contributed by atoms with van der Waals surface area (Å²) in [7, 11) is -4.94. The molecule has 0 spiro atoms.